The number of carbonyl (C=O) groups is 1. The molecule has 8 heteroatoms. The van der Waals surface area contributed by atoms with Crippen molar-refractivity contribution in [3.63, 3.8) is 0 Å². The third kappa shape index (κ3) is 2.74. The molecule has 0 spiro atoms. The number of nitrogens with zero attached hydrogens (tertiary/aromatic N) is 2. The van der Waals surface area contributed by atoms with E-state index in [1.165, 1.54) is 18.2 Å². The first-order valence-corrected chi connectivity index (χ1v) is 8.65. The summed E-state index contributed by atoms with van der Waals surface area (Å²) in [5.41, 5.74) is 4.51. The van der Waals surface area contributed by atoms with E-state index in [2.05, 4.69) is 4.98 Å². The van der Waals surface area contributed by atoms with Gasteiger partial charge >= 0.3 is 12.2 Å². The fourth-order valence-electron chi connectivity index (χ4n) is 4.52. The minimum absolute atomic E-state index is 0.0271. The predicted molar refractivity (Wildman–Crippen MR) is 90.0 cm³/mol. The second kappa shape index (κ2) is 5.94. The summed E-state index contributed by atoms with van der Waals surface area (Å²) in [6, 6.07) is 5.60. The number of carbonyl (C=O) groups excluding carboxylic acids is 1. The van der Waals surface area contributed by atoms with Gasteiger partial charge in [0.2, 0.25) is 0 Å². The number of nitrogens with two attached hydrogens (primary N) is 1. The molecule has 2 unspecified atom stereocenters. The van der Waals surface area contributed by atoms with Gasteiger partial charge in [-0.1, -0.05) is 6.07 Å². The predicted octanol–water partition coefficient (Wildman–Crippen LogP) is 4.44. The lowest BCUT2D eigenvalue weighted by molar-refractivity contribution is -0.137. The summed E-state index contributed by atoms with van der Waals surface area (Å²) < 4.78 is 53.7. The first-order chi connectivity index (χ1) is 12.7. The van der Waals surface area contributed by atoms with Crippen LogP contribution in [0.1, 0.15) is 36.8 Å². The van der Waals surface area contributed by atoms with E-state index >= 15 is 0 Å². The molecule has 2 saturated heterocycles. The molecule has 1 saturated carbocycles. The van der Waals surface area contributed by atoms with Crippen LogP contribution in [0.25, 0.3) is 11.3 Å². The van der Waals surface area contributed by atoms with Gasteiger partial charge in [-0.3, -0.25) is 4.98 Å². The standard InChI is InChI=1S/C19H17F4N3O/c20-12-4-6-16(25-10-12)14-8-11(3-5-15(14)19(21,22)23)18-7-1-2-13(9-18)26(18)17(24)27/h3-6,8,10,13H,1-2,7,9H2,(H2,24,27). The maximum absolute atomic E-state index is 13.5. The molecule has 2 bridgehead atoms. The number of pyridine rings is 1. The van der Waals surface area contributed by atoms with Crippen LogP contribution < -0.4 is 5.73 Å². The van der Waals surface area contributed by atoms with Crippen molar-refractivity contribution in [3.05, 3.63) is 53.5 Å². The number of amides is 2. The van der Waals surface area contributed by atoms with Gasteiger partial charge in [0.1, 0.15) is 5.82 Å². The molecule has 1 aliphatic carbocycles. The Kier molecular flexibility index (Phi) is 3.90. The Morgan fingerprint density at radius 1 is 1.26 bits per heavy atom. The van der Waals surface area contributed by atoms with Crippen molar-refractivity contribution in [1.82, 2.24) is 9.88 Å². The average Bonchev–Trinajstić information content (AvgIpc) is 2.60. The molecule has 3 fully saturated rings. The highest BCUT2D eigenvalue weighted by Crippen LogP contribution is 2.54. The SMILES string of the molecule is NC(=O)N1C2CCCC1(c1ccc(C(F)(F)F)c(-c3ccc(F)cn3)c1)C2. The average molecular weight is 379 g/mol. The van der Waals surface area contributed by atoms with Gasteiger partial charge in [0.25, 0.3) is 0 Å². The van der Waals surface area contributed by atoms with E-state index in [0.717, 1.165) is 31.2 Å². The topological polar surface area (TPSA) is 59.2 Å². The van der Waals surface area contributed by atoms with Crippen LogP contribution in [0.4, 0.5) is 22.4 Å². The number of hydrogen-bond acceptors (Lipinski definition) is 2. The fourth-order valence-corrected chi connectivity index (χ4v) is 4.52. The van der Waals surface area contributed by atoms with E-state index in [-0.39, 0.29) is 17.3 Å². The molecule has 2 N–H and O–H groups in total. The zero-order valence-electron chi connectivity index (χ0n) is 14.3. The zero-order chi connectivity index (χ0) is 19.4. The summed E-state index contributed by atoms with van der Waals surface area (Å²) in [4.78, 5) is 17.3. The minimum atomic E-state index is -4.58. The third-order valence-corrected chi connectivity index (χ3v) is 5.63. The molecule has 3 heterocycles. The molecule has 3 aliphatic rings. The monoisotopic (exact) mass is 379 g/mol. The second-order valence-electron chi connectivity index (χ2n) is 7.11. The fraction of sp³-hybridized carbons (Fsp3) is 0.368. The van der Waals surface area contributed by atoms with Gasteiger partial charge in [-0.2, -0.15) is 13.2 Å². The van der Waals surface area contributed by atoms with E-state index < -0.39 is 29.1 Å². The Morgan fingerprint density at radius 3 is 2.63 bits per heavy atom. The number of urea groups is 1. The number of benzene rings is 1. The number of halogens is 4. The lowest BCUT2D eigenvalue weighted by Crippen LogP contribution is -2.69. The van der Waals surface area contributed by atoms with E-state index in [9.17, 15) is 22.4 Å². The lowest BCUT2D eigenvalue weighted by atomic mass is 9.64. The first-order valence-electron chi connectivity index (χ1n) is 8.65. The number of aromatic nitrogens is 1. The van der Waals surface area contributed by atoms with Crippen LogP contribution in [0, 0.1) is 5.82 Å². The van der Waals surface area contributed by atoms with Crippen molar-refractivity contribution in [2.75, 3.05) is 0 Å². The van der Waals surface area contributed by atoms with Crippen molar-refractivity contribution >= 4 is 6.03 Å². The number of hydrogen-bond donors (Lipinski definition) is 1. The zero-order valence-corrected chi connectivity index (χ0v) is 14.3. The van der Waals surface area contributed by atoms with Crippen molar-refractivity contribution in [2.24, 2.45) is 5.73 Å². The minimum Gasteiger partial charge on any atom is -0.351 e. The molecule has 2 aliphatic heterocycles. The highest BCUT2D eigenvalue weighted by molar-refractivity contribution is 5.76. The molecule has 0 radical (unpaired) electrons. The summed E-state index contributed by atoms with van der Waals surface area (Å²) in [6.45, 7) is 0. The Morgan fingerprint density at radius 2 is 2.04 bits per heavy atom. The molecule has 2 atom stereocenters. The van der Waals surface area contributed by atoms with Crippen molar-refractivity contribution in [1.29, 1.82) is 0 Å². The smallest absolute Gasteiger partial charge is 0.351 e. The Hall–Kier alpha value is -2.64. The Bertz CT molecular complexity index is 893. The molecule has 27 heavy (non-hydrogen) atoms. The molecule has 5 rings (SSSR count). The van der Waals surface area contributed by atoms with Crippen molar-refractivity contribution in [2.45, 2.75) is 43.4 Å². The molecule has 2 aromatic rings. The number of fused-ring (bicyclic) bond motifs is 2. The maximum Gasteiger partial charge on any atom is 0.417 e. The van der Waals surface area contributed by atoms with Crippen molar-refractivity contribution in [3.8, 4) is 11.3 Å². The van der Waals surface area contributed by atoms with Gasteiger partial charge in [0.15, 0.2) is 0 Å². The van der Waals surface area contributed by atoms with E-state index in [0.29, 0.717) is 18.4 Å². The largest absolute Gasteiger partial charge is 0.417 e. The summed E-state index contributed by atoms with van der Waals surface area (Å²) in [7, 11) is 0. The number of primary amides is 1. The second-order valence-corrected chi connectivity index (χ2v) is 7.11. The molecule has 142 valence electrons. The maximum atomic E-state index is 13.5. The molecule has 1 aromatic heterocycles. The van der Waals surface area contributed by atoms with Crippen LogP contribution in [0.3, 0.4) is 0 Å². The van der Waals surface area contributed by atoms with Crippen LogP contribution in [0.5, 0.6) is 0 Å². The van der Waals surface area contributed by atoms with Gasteiger partial charge in [-0.15, -0.1) is 0 Å². The van der Waals surface area contributed by atoms with E-state index in [1.54, 1.807) is 4.90 Å². The Balaban J connectivity index is 1.85. The number of rotatable bonds is 2. The van der Waals surface area contributed by atoms with Gasteiger partial charge in [0.05, 0.1) is 23.0 Å². The normalized spacial score (nSPS) is 24.4. The van der Waals surface area contributed by atoms with Crippen LogP contribution in [0.2, 0.25) is 0 Å². The molecule has 1 aromatic carbocycles. The van der Waals surface area contributed by atoms with Crippen molar-refractivity contribution < 1.29 is 22.4 Å². The van der Waals surface area contributed by atoms with Gasteiger partial charge in [-0.25, -0.2) is 9.18 Å². The number of alkyl halides is 3. The quantitative estimate of drug-likeness (QED) is 0.785. The molecular formula is C19H17F4N3O. The van der Waals surface area contributed by atoms with Gasteiger partial charge < -0.3 is 10.6 Å². The van der Waals surface area contributed by atoms with Crippen LogP contribution in [-0.4, -0.2) is 22.0 Å². The Labute approximate surface area is 153 Å². The summed E-state index contributed by atoms with van der Waals surface area (Å²) in [6.07, 6.45) is -0.654. The van der Waals surface area contributed by atoms with E-state index in [1.807, 2.05) is 0 Å². The van der Waals surface area contributed by atoms with Gasteiger partial charge in [0, 0.05) is 11.6 Å². The summed E-state index contributed by atoms with van der Waals surface area (Å²) in [5, 5.41) is 0. The van der Waals surface area contributed by atoms with Crippen LogP contribution in [-0.2, 0) is 11.7 Å². The lowest BCUT2D eigenvalue weighted by Gasteiger charge is -2.61. The molecule has 4 nitrogen and oxygen atoms in total. The first kappa shape index (κ1) is 17.8. The highest BCUT2D eigenvalue weighted by atomic mass is 19.4. The summed E-state index contributed by atoms with van der Waals surface area (Å²) >= 11 is 0. The highest BCUT2D eigenvalue weighted by Gasteiger charge is 2.57. The molecule has 2 amide bonds. The van der Waals surface area contributed by atoms with Gasteiger partial charge in [-0.05, 0) is 55.5 Å². The third-order valence-electron chi connectivity index (χ3n) is 5.63. The van der Waals surface area contributed by atoms with E-state index in [4.69, 9.17) is 5.73 Å². The number of piperidine rings is 1. The van der Waals surface area contributed by atoms with Crippen LogP contribution >= 0.6 is 0 Å². The van der Waals surface area contributed by atoms with Crippen LogP contribution in [0.15, 0.2) is 36.5 Å². The molecular weight excluding hydrogens is 362 g/mol. The summed E-state index contributed by atoms with van der Waals surface area (Å²) in [5.74, 6) is -0.629.